The molecule has 1 aliphatic carbocycles. The fourth-order valence-electron chi connectivity index (χ4n) is 3.15. The molecule has 1 aliphatic rings. The van der Waals surface area contributed by atoms with Gasteiger partial charge in [-0.2, -0.15) is 5.10 Å². The fraction of sp³-hybridized carbons (Fsp3) is 0.333. The van der Waals surface area contributed by atoms with E-state index in [2.05, 4.69) is 5.10 Å². The summed E-state index contributed by atoms with van der Waals surface area (Å²) in [7, 11) is 0. The third-order valence-electron chi connectivity index (χ3n) is 4.24. The molecular weight excluding hydrogens is 308 g/mol. The van der Waals surface area contributed by atoms with Crippen LogP contribution >= 0.6 is 0 Å². The van der Waals surface area contributed by atoms with Gasteiger partial charge in [-0.15, -0.1) is 0 Å². The van der Waals surface area contributed by atoms with E-state index >= 15 is 0 Å². The van der Waals surface area contributed by atoms with Crippen molar-refractivity contribution in [1.29, 1.82) is 0 Å². The summed E-state index contributed by atoms with van der Waals surface area (Å²) in [6, 6.07) is 6.23. The molecule has 0 fully saturated rings. The molecule has 0 saturated carbocycles. The molecule has 0 unspecified atom stereocenters. The summed E-state index contributed by atoms with van der Waals surface area (Å²) < 4.78 is 1.59. The highest BCUT2D eigenvalue weighted by Gasteiger charge is 2.37. The maximum atomic E-state index is 12.5. The third-order valence-corrected chi connectivity index (χ3v) is 4.24. The second-order valence-electron chi connectivity index (χ2n) is 6.93. The van der Waals surface area contributed by atoms with E-state index in [4.69, 9.17) is 5.11 Å². The van der Waals surface area contributed by atoms with E-state index in [0.29, 0.717) is 29.8 Å². The summed E-state index contributed by atoms with van der Waals surface area (Å²) >= 11 is 0. The minimum atomic E-state index is -1.01. The number of benzene rings is 1. The summed E-state index contributed by atoms with van der Waals surface area (Å²) in [5.41, 5.74) is 1.90. The van der Waals surface area contributed by atoms with Crippen molar-refractivity contribution in [3.63, 3.8) is 0 Å². The summed E-state index contributed by atoms with van der Waals surface area (Å²) in [6.45, 7) is 5.41. The minimum absolute atomic E-state index is 0.0696. The van der Waals surface area contributed by atoms with Crippen molar-refractivity contribution in [2.75, 3.05) is 0 Å². The number of rotatable bonds is 3. The Hall–Kier alpha value is -2.76. The van der Waals surface area contributed by atoms with Gasteiger partial charge in [0.1, 0.15) is 5.69 Å². The summed E-state index contributed by atoms with van der Waals surface area (Å²) in [4.78, 5) is 35.4. The van der Waals surface area contributed by atoms with Crippen LogP contribution in [0, 0.1) is 5.41 Å². The first-order chi connectivity index (χ1) is 11.2. The minimum Gasteiger partial charge on any atom is -0.478 e. The first-order valence-corrected chi connectivity index (χ1v) is 7.69. The zero-order valence-corrected chi connectivity index (χ0v) is 13.8. The van der Waals surface area contributed by atoms with E-state index < -0.39 is 5.97 Å². The molecule has 0 radical (unpaired) electrons. The molecule has 0 spiro atoms. The molecule has 24 heavy (non-hydrogen) atoms. The maximum Gasteiger partial charge on any atom is 0.335 e. The summed E-state index contributed by atoms with van der Waals surface area (Å²) in [5.74, 6) is -1.33. The predicted molar refractivity (Wildman–Crippen MR) is 87.0 cm³/mol. The maximum absolute atomic E-state index is 12.5. The van der Waals surface area contributed by atoms with E-state index in [1.54, 1.807) is 16.8 Å². The molecule has 0 saturated heterocycles. The van der Waals surface area contributed by atoms with E-state index in [1.165, 1.54) is 19.1 Å². The molecule has 1 aromatic heterocycles. The van der Waals surface area contributed by atoms with Gasteiger partial charge in [-0.25, -0.2) is 9.48 Å². The molecule has 0 aliphatic heterocycles. The van der Waals surface area contributed by atoms with Gasteiger partial charge in [0.25, 0.3) is 0 Å². The molecular formula is C18H18N2O4. The first kappa shape index (κ1) is 16.1. The Morgan fingerprint density at radius 2 is 1.79 bits per heavy atom. The van der Waals surface area contributed by atoms with Crippen LogP contribution in [0.15, 0.2) is 24.3 Å². The quantitative estimate of drug-likeness (QED) is 0.876. The molecule has 0 bridgehead atoms. The number of carboxylic acid groups (broad SMARTS) is 1. The lowest BCUT2D eigenvalue weighted by atomic mass is 9.75. The predicted octanol–water partition coefficient (Wildman–Crippen LogP) is 2.93. The molecule has 0 atom stereocenters. The van der Waals surface area contributed by atoms with Gasteiger partial charge in [0, 0.05) is 13.3 Å². The molecule has 6 heteroatoms. The molecule has 124 valence electrons. The largest absolute Gasteiger partial charge is 0.478 e. The zero-order chi connectivity index (χ0) is 17.6. The van der Waals surface area contributed by atoms with Crippen LogP contribution in [0.4, 0.5) is 0 Å². The zero-order valence-electron chi connectivity index (χ0n) is 13.8. The van der Waals surface area contributed by atoms with Crippen molar-refractivity contribution >= 4 is 17.5 Å². The van der Waals surface area contributed by atoms with Crippen LogP contribution in [0.25, 0.3) is 5.69 Å². The fourth-order valence-corrected chi connectivity index (χ4v) is 3.15. The molecule has 0 amide bonds. The number of ketones is 2. The topological polar surface area (TPSA) is 89.3 Å². The average molecular weight is 326 g/mol. The number of hydrogen-bond acceptors (Lipinski definition) is 4. The van der Waals surface area contributed by atoms with Crippen LogP contribution in [-0.4, -0.2) is 32.4 Å². The van der Waals surface area contributed by atoms with E-state index in [1.807, 2.05) is 13.8 Å². The van der Waals surface area contributed by atoms with Crippen molar-refractivity contribution in [2.24, 2.45) is 5.41 Å². The lowest BCUT2D eigenvalue weighted by Crippen LogP contribution is -2.28. The number of carboxylic acids is 1. The van der Waals surface area contributed by atoms with Crippen LogP contribution in [-0.2, 0) is 6.42 Å². The second kappa shape index (κ2) is 5.40. The summed E-state index contributed by atoms with van der Waals surface area (Å²) in [6.07, 6.45) is 0.999. The molecule has 3 rings (SSSR count). The van der Waals surface area contributed by atoms with Crippen molar-refractivity contribution in [2.45, 2.75) is 33.6 Å². The lowest BCUT2D eigenvalue weighted by Gasteiger charge is -2.29. The van der Waals surface area contributed by atoms with Gasteiger partial charge in [-0.05, 0) is 36.1 Å². The second-order valence-corrected chi connectivity index (χ2v) is 6.93. The van der Waals surface area contributed by atoms with E-state index in [0.717, 1.165) is 0 Å². The average Bonchev–Trinajstić information content (AvgIpc) is 2.85. The van der Waals surface area contributed by atoms with Gasteiger partial charge in [-0.3, -0.25) is 9.59 Å². The van der Waals surface area contributed by atoms with Gasteiger partial charge >= 0.3 is 5.97 Å². The standard InChI is InChI=1S/C18H18N2O4/c1-10(21)16-15-13(8-18(2,3)9-14(15)22)20(19-16)12-6-4-11(5-7-12)17(23)24/h4-7H,8-9H2,1-3H3,(H,23,24). The number of carbonyl (C=O) groups is 3. The highest BCUT2D eigenvalue weighted by molar-refractivity contribution is 6.08. The first-order valence-electron chi connectivity index (χ1n) is 7.69. The number of Topliss-reactive ketones (excluding diaryl/α,β-unsaturated/α-hetero) is 2. The Morgan fingerprint density at radius 3 is 2.33 bits per heavy atom. The van der Waals surface area contributed by atoms with Gasteiger partial charge in [0.05, 0.1) is 22.5 Å². The molecule has 6 nitrogen and oxygen atoms in total. The van der Waals surface area contributed by atoms with Gasteiger partial charge < -0.3 is 5.11 Å². The highest BCUT2D eigenvalue weighted by Crippen LogP contribution is 2.37. The molecule has 2 aromatic rings. The Bertz CT molecular complexity index is 860. The number of aromatic carboxylic acids is 1. The van der Waals surface area contributed by atoms with Crippen LogP contribution in [0.5, 0.6) is 0 Å². The van der Waals surface area contributed by atoms with Crippen LogP contribution in [0.1, 0.15) is 64.1 Å². The van der Waals surface area contributed by atoms with Gasteiger partial charge in [-0.1, -0.05) is 13.8 Å². The van der Waals surface area contributed by atoms with Gasteiger partial charge in [0.15, 0.2) is 11.6 Å². The number of aromatic nitrogens is 2. The Kier molecular flexibility index (Phi) is 3.63. The van der Waals surface area contributed by atoms with E-state index in [-0.39, 0.29) is 28.2 Å². The Balaban J connectivity index is 2.19. The number of fused-ring (bicyclic) bond motifs is 1. The van der Waals surface area contributed by atoms with Crippen molar-refractivity contribution in [1.82, 2.24) is 9.78 Å². The third kappa shape index (κ3) is 2.64. The van der Waals surface area contributed by atoms with Gasteiger partial charge in [0.2, 0.25) is 0 Å². The Labute approximate surface area is 139 Å². The SMILES string of the molecule is CC(=O)c1nn(-c2ccc(C(=O)O)cc2)c2c1C(=O)CC(C)(C)C2. The number of carbonyl (C=O) groups excluding carboxylic acids is 2. The van der Waals surface area contributed by atoms with Crippen LogP contribution < -0.4 is 0 Å². The number of nitrogens with zero attached hydrogens (tertiary/aromatic N) is 2. The Morgan fingerprint density at radius 1 is 1.17 bits per heavy atom. The van der Waals surface area contributed by atoms with Crippen molar-refractivity contribution < 1.29 is 19.5 Å². The van der Waals surface area contributed by atoms with Crippen molar-refractivity contribution in [3.05, 3.63) is 46.8 Å². The lowest BCUT2D eigenvalue weighted by molar-refractivity contribution is 0.0696. The van der Waals surface area contributed by atoms with Crippen LogP contribution in [0.2, 0.25) is 0 Å². The highest BCUT2D eigenvalue weighted by atomic mass is 16.4. The normalized spacial score (nSPS) is 15.9. The smallest absolute Gasteiger partial charge is 0.335 e. The molecule has 1 aromatic carbocycles. The summed E-state index contributed by atoms with van der Waals surface area (Å²) in [5, 5.41) is 13.4. The van der Waals surface area contributed by atoms with Crippen molar-refractivity contribution in [3.8, 4) is 5.69 Å². The van der Waals surface area contributed by atoms with Crippen LogP contribution in [0.3, 0.4) is 0 Å². The molecule has 1 heterocycles. The monoisotopic (exact) mass is 326 g/mol. The molecule has 1 N–H and O–H groups in total. The van der Waals surface area contributed by atoms with E-state index in [9.17, 15) is 14.4 Å². The number of hydrogen-bond donors (Lipinski definition) is 1.